The summed E-state index contributed by atoms with van der Waals surface area (Å²) >= 11 is 0. The largest absolute Gasteiger partial charge is 0.466 e. The van der Waals surface area contributed by atoms with Gasteiger partial charge < -0.3 is 10.2 Å². The van der Waals surface area contributed by atoms with Crippen LogP contribution in [-0.4, -0.2) is 6.54 Å². The molecule has 0 atom stereocenters. The van der Waals surface area contributed by atoms with Gasteiger partial charge in [0.25, 0.3) is 0 Å². The average Bonchev–Trinajstić information content (AvgIpc) is 2.59. The van der Waals surface area contributed by atoms with Crippen LogP contribution in [0.25, 0.3) is 0 Å². The van der Waals surface area contributed by atoms with Crippen molar-refractivity contribution in [3.63, 3.8) is 0 Å². The molecule has 84 valence electrons. The van der Waals surface area contributed by atoms with E-state index in [2.05, 4.69) is 13.0 Å². The van der Waals surface area contributed by atoms with Crippen LogP contribution in [0.3, 0.4) is 0 Å². The summed E-state index contributed by atoms with van der Waals surface area (Å²) in [4.78, 5) is 0. The Balaban J connectivity index is 2.36. The summed E-state index contributed by atoms with van der Waals surface area (Å²) in [7, 11) is 0. The molecule has 1 fully saturated rings. The van der Waals surface area contributed by atoms with Crippen LogP contribution in [0.1, 0.15) is 49.2 Å². The van der Waals surface area contributed by atoms with Crippen molar-refractivity contribution in [2.75, 3.05) is 6.54 Å². The van der Waals surface area contributed by atoms with Gasteiger partial charge in [0.15, 0.2) is 0 Å². The number of hydrogen-bond donors (Lipinski definition) is 1. The number of furan rings is 1. The van der Waals surface area contributed by atoms with E-state index in [1.54, 1.807) is 0 Å². The highest BCUT2D eigenvalue weighted by molar-refractivity contribution is 5.30. The summed E-state index contributed by atoms with van der Waals surface area (Å²) in [5.74, 6) is 2.08. The molecule has 0 radical (unpaired) electrons. The highest BCUT2D eigenvalue weighted by Gasteiger charge is 2.35. The Morgan fingerprint density at radius 1 is 1.27 bits per heavy atom. The SMILES string of the molecule is Cc1cc(C2(CN)CCCCC2)c(C)o1. The Kier molecular flexibility index (Phi) is 2.87. The summed E-state index contributed by atoms with van der Waals surface area (Å²) in [6, 6.07) is 2.19. The van der Waals surface area contributed by atoms with Crippen molar-refractivity contribution in [2.24, 2.45) is 5.73 Å². The van der Waals surface area contributed by atoms with Crippen molar-refractivity contribution in [2.45, 2.75) is 51.4 Å². The molecule has 1 saturated carbocycles. The van der Waals surface area contributed by atoms with Gasteiger partial charge in [-0.15, -0.1) is 0 Å². The minimum absolute atomic E-state index is 0.208. The summed E-state index contributed by atoms with van der Waals surface area (Å²) in [5, 5.41) is 0. The highest BCUT2D eigenvalue weighted by atomic mass is 16.3. The normalized spacial score (nSPS) is 20.5. The Morgan fingerprint density at radius 3 is 2.40 bits per heavy atom. The molecule has 0 bridgehead atoms. The fraction of sp³-hybridized carbons (Fsp3) is 0.692. The molecule has 2 heteroatoms. The molecule has 2 N–H and O–H groups in total. The third kappa shape index (κ3) is 1.83. The number of rotatable bonds is 2. The zero-order valence-corrected chi connectivity index (χ0v) is 9.81. The third-order valence-corrected chi connectivity index (χ3v) is 3.81. The molecule has 2 rings (SSSR count). The van der Waals surface area contributed by atoms with Gasteiger partial charge >= 0.3 is 0 Å². The molecule has 15 heavy (non-hydrogen) atoms. The van der Waals surface area contributed by atoms with Crippen molar-refractivity contribution in [3.8, 4) is 0 Å². The van der Waals surface area contributed by atoms with Crippen LogP contribution in [0.4, 0.5) is 0 Å². The first-order valence-corrected chi connectivity index (χ1v) is 5.95. The van der Waals surface area contributed by atoms with Crippen LogP contribution in [0.2, 0.25) is 0 Å². The first-order chi connectivity index (χ1) is 7.18. The number of nitrogens with two attached hydrogens (primary N) is 1. The smallest absolute Gasteiger partial charge is 0.104 e. The van der Waals surface area contributed by atoms with Gasteiger partial charge in [-0.2, -0.15) is 0 Å². The van der Waals surface area contributed by atoms with E-state index < -0.39 is 0 Å². The van der Waals surface area contributed by atoms with Crippen LogP contribution >= 0.6 is 0 Å². The van der Waals surface area contributed by atoms with Gasteiger partial charge in [-0.3, -0.25) is 0 Å². The van der Waals surface area contributed by atoms with Gasteiger partial charge in [0.05, 0.1) is 0 Å². The van der Waals surface area contributed by atoms with Gasteiger partial charge in [0, 0.05) is 17.5 Å². The van der Waals surface area contributed by atoms with E-state index in [-0.39, 0.29) is 5.41 Å². The minimum atomic E-state index is 0.208. The Morgan fingerprint density at radius 2 is 1.93 bits per heavy atom. The van der Waals surface area contributed by atoms with Crippen molar-refractivity contribution in [1.29, 1.82) is 0 Å². The van der Waals surface area contributed by atoms with E-state index in [0.29, 0.717) is 0 Å². The van der Waals surface area contributed by atoms with Crippen molar-refractivity contribution in [1.82, 2.24) is 0 Å². The van der Waals surface area contributed by atoms with E-state index in [1.807, 2.05) is 6.92 Å². The maximum absolute atomic E-state index is 6.01. The maximum atomic E-state index is 6.01. The lowest BCUT2D eigenvalue weighted by Crippen LogP contribution is -2.37. The lowest BCUT2D eigenvalue weighted by molar-refractivity contribution is 0.296. The van der Waals surface area contributed by atoms with Crippen molar-refractivity contribution in [3.05, 3.63) is 23.2 Å². The number of aryl methyl sites for hydroxylation is 2. The third-order valence-electron chi connectivity index (χ3n) is 3.81. The molecule has 1 aliphatic carbocycles. The first kappa shape index (κ1) is 10.7. The van der Waals surface area contributed by atoms with Crippen LogP contribution in [0.5, 0.6) is 0 Å². The van der Waals surface area contributed by atoms with Gasteiger partial charge in [0.2, 0.25) is 0 Å². The molecule has 0 amide bonds. The fourth-order valence-corrected chi connectivity index (χ4v) is 2.97. The first-order valence-electron chi connectivity index (χ1n) is 5.95. The van der Waals surface area contributed by atoms with E-state index in [4.69, 9.17) is 10.2 Å². The van der Waals surface area contributed by atoms with Gasteiger partial charge in [-0.25, -0.2) is 0 Å². The van der Waals surface area contributed by atoms with Gasteiger partial charge in [-0.05, 0) is 32.8 Å². The number of hydrogen-bond acceptors (Lipinski definition) is 2. The Labute approximate surface area is 91.8 Å². The maximum Gasteiger partial charge on any atom is 0.104 e. The topological polar surface area (TPSA) is 39.2 Å². The predicted molar refractivity (Wildman–Crippen MR) is 62.0 cm³/mol. The summed E-state index contributed by atoms with van der Waals surface area (Å²) in [6.45, 7) is 4.84. The lowest BCUT2D eigenvalue weighted by Gasteiger charge is -2.36. The zero-order chi connectivity index (χ0) is 10.9. The molecule has 0 aliphatic heterocycles. The molecule has 0 aromatic carbocycles. The molecule has 1 aromatic rings. The standard InChI is InChI=1S/C13H21NO/c1-10-8-12(11(2)15-10)13(9-14)6-4-3-5-7-13/h8H,3-7,9,14H2,1-2H3. The molecule has 0 saturated heterocycles. The van der Waals surface area contributed by atoms with Gasteiger partial charge in [0.1, 0.15) is 11.5 Å². The Bertz CT molecular complexity index is 334. The fourth-order valence-electron chi connectivity index (χ4n) is 2.97. The van der Waals surface area contributed by atoms with Crippen LogP contribution in [0.15, 0.2) is 10.5 Å². The molecule has 1 aliphatic rings. The molecular formula is C13H21NO. The quantitative estimate of drug-likeness (QED) is 0.809. The van der Waals surface area contributed by atoms with Gasteiger partial charge in [-0.1, -0.05) is 19.3 Å². The van der Waals surface area contributed by atoms with Crippen molar-refractivity contribution >= 4 is 0 Å². The van der Waals surface area contributed by atoms with Crippen LogP contribution in [0, 0.1) is 13.8 Å². The zero-order valence-electron chi connectivity index (χ0n) is 9.81. The molecular weight excluding hydrogens is 186 g/mol. The molecule has 1 heterocycles. The lowest BCUT2D eigenvalue weighted by atomic mass is 9.69. The Hall–Kier alpha value is -0.760. The summed E-state index contributed by atoms with van der Waals surface area (Å²) in [6.07, 6.45) is 6.42. The average molecular weight is 207 g/mol. The second kappa shape index (κ2) is 4.01. The van der Waals surface area contributed by atoms with E-state index >= 15 is 0 Å². The van der Waals surface area contributed by atoms with Crippen molar-refractivity contribution < 1.29 is 4.42 Å². The summed E-state index contributed by atoms with van der Waals surface area (Å²) in [5.41, 5.74) is 7.58. The second-order valence-corrected chi connectivity index (χ2v) is 4.87. The van der Waals surface area contributed by atoms with E-state index in [0.717, 1.165) is 18.1 Å². The summed E-state index contributed by atoms with van der Waals surface area (Å²) < 4.78 is 5.64. The predicted octanol–water partition coefficient (Wildman–Crippen LogP) is 3.06. The van der Waals surface area contributed by atoms with Crippen LogP contribution < -0.4 is 5.73 Å². The second-order valence-electron chi connectivity index (χ2n) is 4.87. The monoisotopic (exact) mass is 207 g/mol. The molecule has 0 unspecified atom stereocenters. The molecule has 1 aromatic heterocycles. The van der Waals surface area contributed by atoms with E-state index in [1.165, 1.54) is 37.7 Å². The van der Waals surface area contributed by atoms with E-state index in [9.17, 15) is 0 Å². The molecule has 2 nitrogen and oxygen atoms in total. The van der Waals surface area contributed by atoms with Crippen LogP contribution in [-0.2, 0) is 5.41 Å². The minimum Gasteiger partial charge on any atom is -0.466 e. The molecule has 0 spiro atoms. The highest BCUT2D eigenvalue weighted by Crippen LogP contribution is 2.40.